The van der Waals surface area contributed by atoms with Crippen LogP contribution in [-0.2, 0) is 4.79 Å². The summed E-state index contributed by atoms with van der Waals surface area (Å²) in [6.07, 6.45) is 0. The SMILES string of the molecule is CC(C)(C)C(O)(COc1ccc(Cl)c(Cl)c1)C(N)=O. The van der Waals surface area contributed by atoms with E-state index in [0.717, 1.165) is 0 Å². The predicted molar refractivity (Wildman–Crippen MR) is 75.6 cm³/mol. The molecule has 6 heteroatoms. The Kier molecular flexibility index (Phi) is 4.72. The number of rotatable bonds is 4. The van der Waals surface area contributed by atoms with Crippen molar-refractivity contribution < 1.29 is 14.6 Å². The summed E-state index contributed by atoms with van der Waals surface area (Å²) in [5.41, 5.74) is 2.73. The number of carbonyl (C=O) groups is 1. The number of hydrogen-bond acceptors (Lipinski definition) is 3. The molecular formula is C13H17Cl2NO3. The van der Waals surface area contributed by atoms with Gasteiger partial charge in [-0.2, -0.15) is 0 Å². The molecule has 1 atom stereocenters. The van der Waals surface area contributed by atoms with Crippen LogP contribution in [0.3, 0.4) is 0 Å². The van der Waals surface area contributed by atoms with E-state index in [1.807, 2.05) is 0 Å². The molecule has 0 aromatic heterocycles. The first-order valence-electron chi connectivity index (χ1n) is 5.68. The van der Waals surface area contributed by atoms with Crippen LogP contribution in [0.5, 0.6) is 5.75 Å². The smallest absolute Gasteiger partial charge is 0.253 e. The van der Waals surface area contributed by atoms with Crippen LogP contribution in [0.1, 0.15) is 20.8 Å². The Bertz CT molecular complexity index is 485. The van der Waals surface area contributed by atoms with Crippen molar-refractivity contribution in [2.75, 3.05) is 6.61 Å². The molecule has 19 heavy (non-hydrogen) atoms. The van der Waals surface area contributed by atoms with Gasteiger partial charge in [0, 0.05) is 11.5 Å². The van der Waals surface area contributed by atoms with Crippen LogP contribution in [0.2, 0.25) is 10.0 Å². The van der Waals surface area contributed by atoms with E-state index < -0.39 is 16.9 Å². The van der Waals surface area contributed by atoms with Crippen molar-refractivity contribution in [1.29, 1.82) is 0 Å². The van der Waals surface area contributed by atoms with E-state index in [1.54, 1.807) is 32.9 Å². The molecule has 3 N–H and O–H groups in total. The molecule has 1 aromatic rings. The van der Waals surface area contributed by atoms with Gasteiger partial charge < -0.3 is 15.6 Å². The number of ether oxygens (including phenoxy) is 1. The first-order chi connectivity index (χ1) is 8.58. The van der Waals surface area contributed by atoms with Crippen molar-refractivity contribution in [3.63, 3.8) is 0 Å². The predicted octanol–water partition coefficient (Wildman–Crippen LogP) is 2.63. The van der Waals surface area contributed by atoms with E-state index in [-0.39, 0.29) is 6.61 Å². The highest BCUT2D eigenvalue weighted by Gasteiger charge is 2.46. The molecule has 1 unspecified atom stereocenters. The normalized spacial score (nSPS) is 14.8. The Hall–Kier alpha value is -0.970. The van der Waals surface area contributed by atoms with E-state index in [4.69, 9.17) is 33.7 Å². The van der Waals surface area contributed by atoms with E-state index in [0.29, 0.717) is 15.8 Å². The van der Waals surface area contributed by atoms with Gasteiger partial charge in [0.1, 0.15) is 12.4 Å². The molecule has 0 bridgehead atoms. The molecule has 1 aromatic carbocycles. The van der Waals surface area contributed by atoms with Gasteiger partial charge in [-0.25, -0.2) is 0 Å². The highest BCUT2D eigenvalue weighted by molar-refractivity contribution is 6.42. The van der Waals surface area contributed by atoms with Crippen LogP contribution in [-0.4, -0.2) is 23.2 Å². The molecule has 4 nitrogen and oxygen atoms in total. The maximum Gasteiger partial charge on any atom is 0.253 e. The lowest BCUT2D eigenvalue weighted by molar-refractivity contribution is -0.154. The van der Waals surface area contributed by atoms with Gasteiger partial charge in [-0.05, 0) is 12.1 Å². The van der Waals surface area contributed by atoms with Crippen LogP contribution in [0.25, 0.3) is 0 Å². The van der Waals surface area contributed by atoms with Gasteiger partial charge in [0.25, 0.3) is 5.91 Å². The fourth-order valence-electron chi connectivity index (χ4n) is 1.41. The van der Waals surface area contributed by atoms with Crippen LogP contribution < -0.4 is 10.5 Å². The third kappa shape index (κ3) is 3.53. The Morgan fingerprint density at radius 3 is 2.32 bits per heavy atom. The third-order valence-corrected chi connectivity index (χ3v) is 3.73. The number of nitrogens with two attached hydrogens (primary N) is 1. The Labute approximate surface area is 122 Å². The molecule has 0 saturated heterocycles. The van der Waals surface area contributed by atoms with Crippen molar-refractivity contribution in [1.82, 2.24) is 0 Å². The first kappa shape index (κ1) is 16.1. The van der Waals surface area contributed by atoms with Crippen molar-refractivity contribution in [3.05, 3.63) is 28.2 Å². The molecule has 0 heterocycles. The van der Waals surface area contributed by atoms with Gasteiger partial charge in [-0.3, -0.25) is 4.79 Å². The number of benzene rings is 1. The van der Waals surface area contributed by atoms with Crippen LogP contribution in [0.4, 0.5) is 0 Å². The zero-order valence-corrected chi connectivity index (χ0v) is 12.5. The summed E-state index contributed by atoms with van der Waals surface area (Å²) in [6.45, 7) is 4.85. The molecule has 0 aliphatic carbocycles. The lowest BCUT2D eigenvalue weighted by atomic mass is 9.76. The second-order valence-corrected chi connectivity index (χ2v) is 6.15. The van der Waals surface area contributed by atoms with E-state index in [9.17, 15) is 9.90 Å². The fourth-order valence-corrected chi connectivity index (χ4v) is 1.70. The monoisotopic (exact) mass is 305 g/mol. The molecule has 0 aliphatic rings. The molecule has 106 valence electrons. The summed E-state index contributed by atoms with van der Waals surface area (Å²) >= 11 is 11.6. The Morgan fingerprint density at radius 1 is 1.32 bits per heavy atom. The lowest BCUT2D eigenvalue weighted by Gasteiger charge is -2.36. The minimum Gasteiger partial charge on any atom is -0.490 e. The van der Waals surface area contributed by atoms with E-state index in [2.05, 4.69) is 0 Å². The number of halogens is 2. The maximum atomic E-state index is 11.5. The molecule has 0 spiro atoms. The Balaban J connectivity index is 2.89. The summed E-state index contributed by atoms with van der Waals surface area (Å²) in [4.78, 5) is 11.5. The summed E-state index contributed by atoms with van der Waals surface area (Å²) in [5.74, 6) is -0.432. The molecule has 0 aliphatic heterocycles. The van der Waals surface area contributed by atoms with Crippen molar-refractivity contribution in [2.24, 2.45) is 11.1 Å². The first-order valence-corrected chi connectivity index (χ1v) is 6.43. The quantitative estimate of drug-likeness (QED) is 0.898. The lowest BCUT2D eigenvalue weighted by Crippen LogP contribution is -2.57. The van der Waals surface area contributed by atoms with Gasteiger partial charge in [0.05, 0.1) is 10.0 Å². The second-order valence-electron chi connectivity index (χ2n) is 5.34. The summed E-state index contributed by atoms with van der Waals surface area (Å²) in [5, 5.41) is 11.1. The summed E-state index contributed by atoms with van der Waals surface area (Å²) < 4.78 is 5.40. The topological polar surface area (TPSA) is 72.6 Å². The fraction of sp³-hybridized carbons (Fsp3) is 0.462. The largest absolute Gasteiger partial charge is 0.490 e. The van der Waals surface area contributed by atoms with Gasteiger partial charge in [-0.1, -0.05) is 44.0 Å². The number of aliphatic hydroxyl groups is 1. The van der Waals surface area contributed by atoms with Crippen molar-refractivity contribution in [3.8, 4) is 5.75 Å². The highest BCUT2D eigenvalue weighted by Crippen LogP contribution is 2.32. The van der Waals surface area contributed by atoms with Gasteiger partial charge in [-0.15, -0.1) is 0 Å². The molecular weight excluding hydrogens is 289 g/mol. The number of hydrogen-bond donors (Lipinski definition) is 2. The molecule has 0 fully saturated rings. The maximum absolute atomic E-state index is 11.5. The minimum atomic E-state index is -1.78. The van der Waals surface area contributed by atoms with Crippen LogP contribution >= 0.6 is 23.2 Å². The zero-order chi connectivity index (χ0) is 14.8. The van der Waals surface area contributed by atoms with Gasteiger partial charge in [0.15, 0.2) is 5.60 Å². The molecule has 0 radical (unpaired) electrons. The third-order valence-electron chi connectivity index (χ3n) is 2.99. The van der Waals surface area contributed by atoms with Crippen LogP contribution in [0.15, 0.2) is 18.2 Å². The second kappa shape index (κ2) is 5.57. The number of primary amides is 1. The van der Waals surface area contributed by atoms with E-state index in [1.165, 1.54) is 6.07 Å². The number of amides is 1. The standard InChI is InChI=1S/C13H17Cl2NO3/c1-12(2,3)13(18,11(16)17)7-19-8-4-5-9(14)10(15)6-8/h4-6,18H,7H2,1-3H3,(H2,16,17). The van der Waals surface area contributed by atoms with Gasteiger partial charge >= 0.3 is 0 Å². The van der Waals surface area contributed by atoms with Gasteiger partial charge in [0.2, 0.25) is 0 Å². The summed E-state index contributed by atoms with van der Waals surface area (Å²) in [7, 11) is 0. The van der Waals surface area contributed by atoms with Crippen molar-refractivity contribution >= 4 is 29.1 Å². The molecule has 1 rings (SSSR count). The Morgan fingerprint density at radius 2 is 1.89 bits per heavy atom. The molecule has 1 amide bonds. The zero-order valence-electron chi connectivity index (χ0n) is 11.0. The average molecular weight is 306 g/mol. The van der Waals surface area contributed by atoms with E-state index >= 15 is 0 Å². The number of carbonyl (C=O) groups excluding carboxylic acids is 1. The highest BCUT2D eigenvalue weighted by atomic mass is 35.5. The molecule has 0 saturated carbocycles. The van der Waals surface area contributed by atoms with Crippen molar-refractivity contribution in [2.45, 2.75) is 26.4 Å². The van der Waals surface area contributed by atoms with Crippen LogP contribution in [0, 0.1) is 5.41 Å². The summed E-state index contributed by atoms with van der Waals surface area (Å²) in [6, 6.07) is 4.67. The average Bonchev–Trinajstić information content (AvgIpc) is 2.28. The minimum absolute atomic E-state index is 0.260.